The topological polar surface area (TPSA) is 56.3 Å². The first kappa shape index (κ1) is 12.4. The zero-order valence-electron chi connectivity index (χ0n) is 10.7. The molecule has 1 fully saturated rings. The lowest BCUT2D eigenvalue weighted by Crippen LogP contribution is -2.48. The van der Waals surface area contributed by atoms with Crippen LogP contribution in [0.5, 0.6) is 0 Å². The number of aromatic nitrogens is 2. The third-order valence-electron chi connectivity index (χ3n) is 3.53. The van der Waals surface area contributed by atoms with Gasteiger partial charge in [-0.15, -0.1) is 0 Å². The summed E-state index contributed by atoms with van der Waals surface area (Å²) in [4.78, 5) is 6.71. The summed E-state index contributed by atoms with van der Waals surface area (Å²) in [6.07, 6.45) is 4.98. The van der Waals surface area contributed by atoms with E-state index in [4.69, 9.17) is 10.5 Å². The standard InChI is InChI=1S/C12H22N4O/c1-10-3-5-16(9-11(10)13)12-14-4-6-15(12)7-8-17-2/h4,6,10-11H,3,5,7-9,13H2,1-2H3. The first-order valence-corrected chi connectivity index (χ1v) is 6.23. The Morgan fingerprint density at radius 2 is 2.41 bits per heavy atom. The summed E-state index contributed by atoms with van der Waals surface area (Å²) in [5.74, 6) is 1.62. The molecule has 0 saturated carbocycles. The minimum absolute atomic E-state index is 0.247. The molecule has 1 saturated heterocycles. The first-order chi connectivity index (χ1) is 8.22. The van der Waals surface area contributed by atoms with Crippen molar-refractivity contribution >= 4 is 5.95 Å². The molecule has 2 unspecified atom stereocenters. The van der Waals surface area contributed by atoms with E-state index in [1.54, 1.807) is 7.11 Å². The Morgan fingerprint density at radius 1 is 1.59 bits per heavy atom. The molecule has 0 spiro atoms. The fraction of sp³-hybridized carbons (Fsp3) is 0.750. The zero-order valence-corrected chi connectivity index (χ0v) is 10.7. The van der Waals surface area contributed by atoms with Crippen molar-refractivity contribution in [3.8, 4) is 0 Å². The summed E-state index contributed by atoms with van der Waals surface area (Å²) >= 11 is 0. The second-order valence-electron chi connectivity index (χ2n) is 4.79. The number of ether oxygens (including phenoxy) is 1. The number of nitrogens with zero attached hydrogens (tertiary/aromatic N) is 3. The van der Waals surface area contributed by atoms with E-state index >= 15 is 0 Å². The van der Waals surface area contributed by atoms with Gasteiger partial charge in [0, 0.05) is 45.2 Å². The number of piperidine rings is 1. The summed E-state index contributed by atoms with van der Waals surface area (Å²) in [6, 6.07) is 0.247. The molecule has 0 radical (unpaired) electrons. The molecule has 0 aromatic carbocycles. The highest BCUT2D eigenvalue weighted by atomic mass is 16.5. The van der Waals surface area contributed by atoms with Crippen LogP contribution in [-0.2, 0) is 11.3 Å². The Bertz CT molecular complexity index is 352. The molecule has 2 rings (SSSR count). The molecular weight excluding hydrogens is 216 g/mol. The SMILES string of the molecule is COCCn1ccnc1N1CCC(C)C(N)C1. The third kappa shape index (κ3) is 2.79. The molecule has 0 aliphatic carbocycles. The lowest BCUT2D eigenvalue weighted by Gasteiger charge is -2.35. The molecule has 1 aromatic heterocycles. The quantitative estimate of drug-likeness (QED) is 0.839. The molecule has 2 N–H and O–H groups in total. The number of anilines is 1. The predicted octanol–water partition coefficient (Wildman–Crippen LogP) is 0.703. The van der Waals surface area contributed by atoms with Gasteiger partial charge in [-0.05, 0) is 12.3 Å². The van der Waals surface area contributed by atoms with Crippen LogP contribution in [0, 0.1) is 5.92 Å². The third-order valence-corrected chi connectivity index (χ3v) is 3.53. The number of nitrogens with two attached hydrogens (primary N) is 1. The number of hydrogen-bond acceptors (Lipinski definition) is 4. The van der Waals surface area contributed by atoms with Crippen molar-refractivity contribution in [3.63, 3.8) is 0 Å². The molecule has 2 atom stereocenters. The highest BCUT2D eigenvalue weighted by molar-refractivity contribution is 5.32. The Hall–Kier alpha value is -1.07. The number of imidazole rings is 1. The zero-order chi connectivity index (χ0) is 12.3. The molecule has 1 aliphatic rings. The monoisotopic (exact) mass is 238 g/mol. The Kier molecular flexibility index (Phi) is 4.02. The first-order valence-electron chi connectivity index (χ1n) is 6.23. The van der Waals surface area contributed by atoms with Crippen LogP contribution in [0.4, 0.5) is 5.95 Å². The van der Waals surface area contributed by atoms with Crippen LogP contribution >= 0.6 is 0 Å². The molecule has 17 heavy (non-hydrogen) atoms. The van der Waals surface area contributed by atoms with Gasteiger partial charge in [-0.1, -0.05) is 6.92 Å². The Morgan fingerprint density at radius 3 is 3.12 bits per heavy atom. The van der Waals surface area contributed by atoms with Crippen molar-refractivity contribution in [1.29, 1.82) is 0 Å². The summed E-state index contributed by atoms with van der Waals surface area (Å²) in [5.41, 5.74) is 6.12. The van der Waals surface area contributed by atoms with E-state index in [1.165, 1.54) is 0 Å². The molecule has 1 aromatic rings. The van der Waals surface area contributed by atoms with Crippen molar-refractivity contribution < 1.29 is 4.74 Å². The van der Waals surface area contributed by atoms with Gasteiger partial charge >= 0.3 is 0 Å². The maximum atomic E-state index is 6.12. The average Bonchev–Trinajstić information content (AvgIpc) is 2.78. The summed E-state index contributed by atoms with van der Waals surface area (Å²) < 4.78 is 7.23. The number of hydrogen-bond donors (Lipinski definition) is 1. The highest BCUT2D eigenvalue weighted by Gasteiger charge is 2.25. The van der Waals surface area contributed by atoms with E-state index in [0.29, 0.717) is 12.5 Å². The van der Waals surface area contributed by atoms with Gasteiger partial charge in [0.05, 0.1) is 6.61 Å². The molecule has 5 nitrogen and oxygen atoms in total. The summed E-state index contributed by atoms with van der Waals surface area (Å²) in [6.45, 7) is 5.70. The van der Waals surface area contributed by atoms with Crippen molar-refractivity contribution in [1.82, 2.24) is 9.55 Å². The van der Waals surface area contributed by atoms with Gasteiger partial charge in [0.15, 0.2) is 0 Å². The minimum Gasteiger partial charge on any atom is -0.383 e. The van der Waals surface area contributed by atoms with E-state index in [2.05, 4.69) is 21.4 Å². The van der Waals surface area contributed by atoms with Crippen LogP contribution in [0.3, 0.4) is 0 Å². The summed E-state index contributed by atoms with van der Waals surface area (Å²) in [7, 11) is 1.72. The van der Waals surface area contributed by atoms with E-state index in [1.807, 2.05) is 12.4 Å². The largest absolute Gasteiger partial charge is 0.383 e. The second kappa shape index (κ2) is 5.51. The van der Waals surface area contributed by atoms with Crippen LogP contribution in [0.1, 0.15) is 13.3 Å². The molecule has 0 bridgehead atoms. The number of rotatable bonds is 4. The van der Waals surface area contributed by atoms with Crippen LogP contribution < -0.4 is 10.6 Å². The fourth-order valence-corrected chi connectivity index (χ4v) is 2.23. The van der Waals surface area contributed by atoms with Gasteiger partial charge in [-0.2, -0.15) is 0 Å². The van der Waals surface area contributed by atoms with Gasteiger partial charge in [0.1, 0.15) is 0 Å². The van der Waals surface area contributed by atoms with Gasteiger partial charge in [0.25, 0.3) is 0 Å². The lowest BCUT2D eigenvalue weighted by molar-refractivity contribution is 0.187. The van der Waals surface area contributed by atoms with Crippen molar-refractivity contribution in [2.75, 3.05) is 31.7 Å². The van der Waals surface area contributed by atoms with Crippen LogP contribution in [-0.4, -0.2) is 42.4 Å². The molecule has 5 heteroatoms. The normalized spacial score (nSPS) is 25.2. The van der Waals surface area contributed by atoms with Gasteiger partial charge < -0.3 is 19.9 Å². The van der Waals surface area contributed by atoms with Crippen molar-refractivity contribution in [3.05, 3.63) is 12.4 Å². The van der Waals surface area contributed by atoms with Crippen LogP contribution in [0.25, 0.3) is 0 Å². The van der Waals surface area contributed by atoms with E-state index < -0.39 is 0 Å². The fourth-order valence-electron chi connectivity index (χ4n) is 2.23. The average molecular weight is 238 g/mol. The van der Waals surface area contributed by atoms with Crippen LogP contribution in [0.2, 0.25) is 0 Å². The number of methoxy groups -OCH3 is 1. The molecule has 0 amide bonds. The van der Waals surface area contributed by atoms with E-state index in [-0.39, 0.29) is 6.04 Å². The van der Waals surface area contributed by atoms with Gasteiger partial charge in [-0.25, -0.2) is 4.98 Å². The van der Waals surface area contributed by atoms with E-state index in [9.17, 15) is 0 Å². The molecule has 96 valence electrons. The highest BCUT2D eigenvalue weighted by Crippen LogP contribution is 2.21. The van der Waals surface area contributed by atoms with Gasteiger partial charge in [0.2, 0.25) is 5.95 Å². The van der Waals surface area contributed by atoms with Crippen LogP contribution in [0.15, 0.2) is 12.4 Å². The Labute approximate surface area is 103 Å². The van der Waals surface area contributed by atoms with Gasteiger partial charge in [-0.3, -0.25) is 0 Å². The minimum atomic E-state index is 0.247. The Balaban J connectivity index is 2.04. The maximum Gasteiger partial charge on any atom is 0.205 e. The van der Waals surface area contributed by atoms with Crippen molar-refractivity contribution in [2.24, 2.45) is 11.7 Å². The maximum absolute atomic E-state index is 6.12. The molecule has 1 aliphatic heterocycles. The predicted molar refractivity (Wildman–Crippen MR) is 68.1 cm³/mol. The lowest BCUT2D eigenvalue weighted by atomic mass is 9.94. The second-order valence-corrected chi connectivity index (χ2v) is 4.79. The van der Waals surface area contributed by atoms with E-state index in [0.717, 1.165) is 32.0 Å². The molecular formula is C12H22N4O. The molecule has 2 heterocycles. The van der Waals surface area contributed by atoms with Crippen molar-refractivity contribution in [2.45, 2.75) is 25.9 Å². The summed E-state index contributed by atoms with van der Waals surface area (Å²) in [5, 5.41) is 0. The smallest absolute Gasteiger partial charge is 0.205 e.